The molecular formula is C15H8BrCl2NO2. The molecule has 1 heterocycles. The summed E-state index contributed by atoms with van der Waals surface area (Å²) in [5, 5.41) is 4.41. The third-order valence-electron chi connectivity index (χ3n) is 2.88. The summed E-state index contributed by atoms with van der Waals surface area (Å²) in [4.78, 5) is 12.2. The van der Waals surface area contributed by atoms with E-state index in [-0.39, 0.29) is 11.7 Å². The van der Waals surface area contributed by atoms with Crippen LogP contribution >= 0.6 is 39.1 Å². The Morgan fingerprint density at radius 2 is 1.90 bits per heavy atom. The fourth-order valence-electron chi connectivity index (χ4n) is 1.90. The van der Waals surface area contributed by atoms with Crippen LogP contribution in [-0.4, -0.2) is 5.91 Å². The van der Waals surface area contributed by atoms with Crippen molar-refractivity contribution in [3.05, 3.63) is 62.7 Å². The lowest BCUT2D eigenvalue weighted by molar-refractivity contribution is 0.0998. The molecule has 0 spiro atoms. The van der Waals surface area contributed by atoms with Crippen molar-refractivity contribution in [2.24, 2.45) is 0 Å². The predicted molar refractivity (Wildman–Crippen MR) is 88.3 cm³/mol. The molecule has 106 valence electrons. The fourth-order valence-corrected chi connectivity index (χ4v) is 2.74. The molecule has 3 aromatic rings. The molecule has 0 unspecified atom stereocenters. The number of benzene rings is 2. The van der Waals surface area contributed by atoms with E-state index in [0.29, 0.717) is 21.3 Å². The molecule has 3 nitrogen and oxygen atoms in total. The topological polar surface area (TPSA) is 42.2 Å². The van der Waals surface area contributed by atoms with E-state index < -0.39 is 0 Å². The molecule has 0 saturated heterocycles. The second-order valence-corrected chi connectivity index (χ2v) is 6.13. The van der Waals surface area contributed by atoms with E-state index in [1.807, 2.05) is 12.1 Å². The molecule has 0 aliphatic rings. The lowest BCUT2D eigenvalue weighted by atomic mass is 10.2. The number of rotatable bonds is 2. The molecular weight excluding hydrogens is 377 g/mol. The molecule has 0 bridgehead atoms. The van der Waals surface area contributed by atoms with Crippen LogP contribution in [0.1, 0.15) is 10.6 Å². The zero-order valence-corrected chi connectivity index (χ0v) is 13.6. The Morgan fingerprint density at radius 3 is 2.67 bits per heavy atom. The largest absolute Gasteiger partial charge is 0.451 e. The summed E-state index contributed by atoms with van der Waals surface area (Å²) in [5.74, 6) is -0.152. The average molecular weight is 385 g/mol. The van der Waals surface area contributed by atoms with Gasteiger partial charge in [0.05, 0.1) is 10.7 Å². The van der Waals surface area contributed by atoms with Gasteiger partial charge < -0.3 is 9.73 Å². The van der Waals surface area contributed by atoms with Gasteiger partial charge in [-0.05, 0) is 42.5 Å². The Morgan fingerprint density at radius 1 is 1.10 bits per heavy atom. The first-order chi connectivity index (χ1) is 10.0. The van der Waals surface area contributed by atoms with Gasteiger partial charge in [0.15, 0.2) is 5.76 Å². The summed E-state index contributed by atoms with van der Waals surface area (Å²) in [7, 11) is 0. The van der Waals surface area contributed by atoms with E-state index in [1.54, 1.807) is 30.3 Å². The molecule has 3 rings (SSSR count). The second-order valence-electron chi connectivity index (χ2n) is 4.37. The highest BCUT2D eigenvalue weighted by Crippen LogP contribution is 2.27. The number of fused-ring (bicyclic) bond motifs is 1. The highest BCUT2D eigenvalue weighted by Gasteiger charge is 2.14. The summed E-state index contributed by atoms with van der Waals surface area (Å²) < 4.78 is 6.44. The summed E-state index contributed by atoms with van der Waals surface area (Å²) in [6.07, 6.45) is 0. The van der Waals surface area contributed by atoms with Crippen LogP contribution in [0.5, 0.6) is 0 Å². The van der Waals surface area contributed by atoms with Crippen molar-refractivity contribution in [3.63, 3.8) is 0 Å². The van der Waals surface area contributed by atoms with Gasteiger partial charge in [0, 0.05) is 14.9 Å². The van der Waals surface area contributed by atoms with Gasteiger partial charge in [-0.15, -0.1) is 0 Å². The Bertz CT molecular complexity index is 845. The molecule has 0 radical (unpaired) electrons. The normalized spacial score (nSPS) is 10.8. The first-order valence-electron chi connectivity index (χ1n) is 5.98. The van der Waals surface area contributed by atoms with E-state index >= 15 is 0 Å². The van der Waals surface area contributed by atoms with Crippen LogP contribution in [0.25, 0.3) is 11.0 Å². The quantitative estimate of drug-likeness (QED) is 0.610. The smallest absolute Gasteiger partial charge is 0.291 e. The number of hydrogen-bond acceptors (Lipinski definition) is 2. The number of carbonyl (C=O) groups is 1. The molecule has 0 aliphatic carbocycles. The molecule has 21 heavy (non-hydrogen) atoms. The van der Waals surface area contributed by atoms with Crippen LogP contribution in [0.3, 0.4) is 0 Å². The van der Waals surface area contributed by atoms with Crippen molar-refractivity contribution in [1.29, 1.82) is 0 Å². The third-order valence-corrected chi connectivity index (χ3v) is 3.92. The maximum absolute atomic E-state index is 12.2. The van der Waals surface area contributed by atoms with Crippen molar-refractivity contribution >= 4 is 61.7 Å². The third kappa shape index (κ3) is 3.07. The van der Waals surface area contributed by atoms with E-state index in [1.165, 1.54) is 0 Å². The van der Waals surface area contributed by atoms with E-state index in [9.17, 15) is 4.79 Å². The number of hydrogen-bond donors (Lipinski definition) is 1. The van der Waals surface area contributed by atoms with Gasteiger partial charge in [-0.1, -0.05) is 39.1 Å². The van der Waals surface area contributed by atoms with Gasteiger partial charge in [0.2, 0.25) is 0 Å². The lowest BCUT2D eigenvalue weighted by Crippen LogP contribution is -2.11. The molecule has 0 saturated carbocycles. The standard InChI is InChI=1S/C15H8BrCl2NO2/c16-9-1-4-13-8(5-9)6-14(21-13)15(20)19-12-3-2-10(17)7-11(12)18/h1-7H,(H,19,20). The number of furan rings is 1. The van der Waals surface area contributed by atoms with Crippen LogP contribution in [-0.2, 0) is 0 Å². The predicted octanol–water partition coefficient (Wildman–Crippen LogP) is 5.75. The lowest BCUT2D eigenvalue weighted by Gasteiger charge is -2.05. The molecule has 1 aromatic heterocycles. The van der Waals surface area contributed by atoms with Gasteiger partial charge in [-0.3, -0.25) is 4.79 Å². The zero-order valence-electron chi connectivity index (χ0n) is 10.5. The van der Waals surface area contributed by atoms with E-state index in [2.05, 4.69) is 21.2 Å². The van der Waals surface area contributed by atoms with Gasteiger partial charge >= 0.3 is 0 Å². The minimum absolute atomic E-state index is 0.217. The first kappa shape index (κ1) is 14.4. The summed E-state index contributed by atoms with van der Waals surface area (Å²) in [5.41, 5.74) is 1.12. The van der Waals surface area contributed by atoms with Gasteiger partial charge in [-0.2, -0.15) is 0 Å². The van der Waals surface area contributed by atoms with Gasteiger partial charge in [-0.25, -0.2) is 0 Å². The molecule has 1 amide bonds. The molecule has 0 atom stereocenters. The summed E-state index contributed by atoms with van der Waals surface area (Å²) >= 11 is 15.2. The Kier molecular flexibility index (Phi) is 3.93. The first-order valence-corrected chi connectivity index (χ1v) is 7.53. The average Bonchev–Trinajstić information content (AvgIpc) is 2.85. The van der Waals surface area contributed by atoms with Crippen LogP contribution in [0, 0.1) is 0 Å². The number of halogens is 3. The Hall–Kier alpha value is -1.49. The van der Waals surface area contributed by atoms with Crippen molar-refractivity contribution < 1.29 is 9.21 Å². The van der Waals surface area contributed by atoms with E-state index in [4.69, 9.17) is 27.6 Å². The number of carbonyl (C=O) groups excluding carboxylic acids is 1. The molecule has 0 aliphatic heterocycles. The minimum atomic E-state index is -0.369. The van der Waals surface area contributed by atoms with Crippen LogP contribution in [0.15, 0.2) is 51.4 Å². The van der Waals surface area contributed by atoms with Crippen molar-refractivity contribution in [2.75, 3.05) is 5.32 Å². The maximum atomic E-state index is 12.2. The summed E-state index contributed by atoms with van der Waals surface area (Å²) in [6, 6.07) is 12.1. The van der Waals surface area contributed by atoms with Crippen LogP contribution in [0.4, 0.5) is 5.69 Å². The number of anilines is 1. The van der Waals surface area contributed by atoms with E-state index in [0.717, 1.165) is 9.86 Å². The molecule has 2 aromatic carbocycles. The highest BCUT2D eigenvalue weighted by molar-refractivity contribution is 9.10. The molecule has 6 heteroatoms. The molecule has 0 fully saturated rings. The van der Waals surface area contributed by atoms with Crippen molar-refractivity contribution in [1.82, 2.24) is 0 Å². The van der Waals surface area contributed by atoms with Gasteiger partial charge in [0.1, 0.15) is 5.58 Å². The maximum Gasteiger partial charge on any atom is 0.291 e. The Labute approximate surface area is 139 Å². The number of amides is 1. The fraction of sp³-hybridized carbons (Fsp3) is 0. The second kappa shape index (κ2) is 5.72. The monoisotopic (exact) mass is 383 g/mol. The van der Waals surface area contributed by atoms with Crippen LogP contribution < -0.4 is 5.32 Å². The number of nitrogens with one attached hydrogen (secondary N) is 1. The molecule has 1 N–H and O–H groups in total. The van der Waals surface area contributed by atoms with Crippen molar-refractivity contribution in [2.45, 2.75) is 0 Å². The Balaban J connectivity index is 1.89. The SMILES string of the molecule is O=C(Nc1ccc(Cl)cc1Cl)c1cc2cc(Br)ccc2o1. The van der Waals surface area contributed by atoms with Crippen molar-refractivity contribution in [3.8, 4) is 0 Å². The van der Waals surface area contributed by atoms with Gasteiger partial charge in [0.25, 0.3) is 5.91 Å². The highest BCUT2D eigenvalue weighted by atomic mass is 79.9. The zero-order chi connectivity index (χ0) is 15.0. The summed E-state index contributed by atoms with van der Waals surface area (Å²) in [6.45, 7) is 0. The van der Waals surface area contributed by atoms with Crippen LogP contribution in [0.2, 0.25) is 10.0 Å². The minimum Gasteiger partial charge on any atom is -0.451 e.